The van der Waals surface area contributed by atoms with Crippen LogP contribution in [0.15, 0.2) is 59.8 Å². The molecule has 0 saturated carbocycles. The number of anilines is 1. The number of fused-ring (bicyclic) bond motifs is 1. The fraction of sp³-hybridized carbons (Fsp3) is 0.130. The minimum Gasteiger partial charge on any atom is -0.384 e. The molecule has 1 atom stereocenters. The number of pyridine rings is 2. The van der Waals surface area contributed by atoms with Crippen molar-refractivity contribution >= 4 is 17.4 Å². The molecule has 5 aromatic rings. The van der Waals surface area contributed by atoms with E-state index in [2.05, 4.69) is 30.5 Å². The Morgan fingerprint density at radius 2 is 2.03 bits per heavy atom. The van der Waals surface area contributed by atoms with E-state index >= 15 is 0 Å². The van der Waals surface area contributed by atoms with Crippen molar-refractivity contribution in [1.82, 2.24) is 39.7 Å². The topological polar surface area (TPSA) is 133 Å². The molecule has 35 heavy (non-hydrogen) atoms. The number of nitrogens with two attached hydrogens (primary N) is 1. The first-order valence-electron chi connectivity index (χ1n) is 10.7. The molecule has 12 heteroatoms. The summed E-state index contributed by atoms with van der Waals surface area (Å²) in [5.41, 5.74) is 9.33. The number of aryl methyl sites for hydroxylation is 1. The van der Waals surface area contributed by atoms with Crippen LogP contribution >= 0.6 is 11.6 Å². The van der Waals surface area contributed by atoms with E-state index in [1.54, 1.807) is 35.0 Å². The zero-order chi connectivity index (χ0) is 24.1. The van der Waals surface area contributed by atoms with Crippen LogP contribution in [0.25, 0.3) is 28.2 Å². The highest BCUT2D eigenvalue weighted by atomic mass is 35.5. The lowest BCUT2D eigenvalue weighted by atomic mass is 10.0. The first kappa shape index (κ1) is 21.2. The third-order valence-electron chi connectivity index (χ3n) is 6.08. The van der Waals surface area contributed by atoms with Crippen LogP contribution in [0.4, 0.5) is 10.2 Å². The number of nitrogens with zero attached hydrogens (tertiary/aromatic N) is 7. The summed E-state index contributed by atoms with van der Waals surface area (Å²) in [5.74, 6) is -0.291. The smallest absolute Gasteiger partial charge is 0.251 e. The third kappa shape index (κ3) is 3.66. The van der Waals surface area contributed by atoms with Gasteiger partial charge in [0.15, 0.2) is 0 Å². The molecule has 1 unspecified atom stereocenters. The molecule has 0 radical (unpaired) electrons. The van der Waals surface area contributed by atoms with Crippen LogP contribution in [0.3, 0.4) is 0 Å². The molecule has 174 valence electrons. The Bertz CT molecular complexity index is 1630. The molecule has 4 aromatic heterocycles. The molecule has 0 fully saturated rings. The van der Waals surface area contributed by atoms with Crippen LogP contribution in [0, 0.1) is 5.95 Å². The minimum atomic E-state index is -0.709. The van der Waals surface area contributed by atoms with Gasteiger partial charge in [-0.05, 0) is 65.2 Å². The van der Waals surface area contributed by atoms with E-state index in [1.807, 2.05) is 6.07 Å². The zero-order valence-electron chi connectivity index (χ0n) is 18.1. The molecule has 1 aromatic carbocycles. The summed E-state index contributed by atoms with van der Waals surface area (Å²) in [5, 5.41) is 11.9. The van der Waals surface area contributed by atoms with E-state index in [1.165, 1.54) is 23.1 Å². The summed E-state index contributed by atoms with van der Waals surface area (Å²) in [6.45, 7) is 0. The van der Waals surface area contributed by atoms with Gasteiger partial charge in [0.05, 0.1) is 29.2 Å². The highest BCUT2D eigenvalue weighted by molar-refractivity contribution is 6.31. The Labute approximate surface area is 202 Å². The molecular formula is C23H17ClFN9O. The van der Waals surface area contributed by atoms with Crippen LogP contribution in [0.1, 0.15) is 23.9 Å². The lowest BCUT2D eigenvalue weighted by molar-refractivity contribution is 0.584. The molecule has 0 amide bonds. The number of imidazole rings is 1. The second kappa shape index (κ2) is 8.13. The summed E-state index contributed by atoms with van der Waals surface area (Å²) in [6, 6.07) is 11.7. The molecule has 6 rings (SSSR count). The van der Waals surface area contributed by atoms with Gasteiger partial charge in [-0.25, -0.2) is 9.97 Å². The van der Waals surface area contributed by atoms with Crippen molar-refractivity contribution in [2.24, 2.45) is 0 Å². The van der Waals surface area contributed by atoms with Crippen LogP contribution in [-0.4, -0.2) is 39.7 Å². The Morgan fingerprint density at radius 1 is 1.14 bits per heavy atom. The minimum absolute atomic E-state index is 0.0908. The van der Waals surface area contributed by atoms with Gasteiger partial charge in [-0.2, -0.15) is 9.07 Å². The Morgan fingerprint density at radius 3 is 2.83 bits per heavy atom. The van der Waals surface area contributed by atoms with Gasteiger partial charge in [0.2, 0.25) is 5.95 Å². The van der Waals surface area contributed by atoms with Crippen molar-refractivity contribution in [3.05, 3.63) is 87.7 Å². The second-order valence-electron chi connectivity index (χ2n) is 8.18. The number of tetrazole rings is 1. The van der Waals surface area contributed by atoms with E-state index in [9.17, 15) is 9.18 Å². The zero-order valence-corrected chi connectivity index (χ0v) is 18.8. The van der Waals surface area contributed by atoms with Gasteiger partial charge in [0.1, 0.15) is 18.0 Å². The molecule has 10 nitrogen and oxygen atoms in total. The van der Waals surface area contributed by atoms with Gasteiger partial charge in [-0.15, -0.1) is 5.10 Å². The van der Waals surface area contributed by atoms with Crippen molar-refractivity contribution < 1.29 is 4.39 Å². The summed E-state index contributed by atoms with van der Waals surface area (Å²) in [7, 11) is 0. The number of hydrogen-bond donors (Lipinski definition) is 2. The molecule has 1 aliphatic heterocycles. The predicted molar refractivity (Wildman–Crippen MR) is 127 cm³/mol. The molecule has 3 N–H and O–H groups in total. The molecule has 5 heterocycles. The van der Waals surface area contributed by atoms with Crippen molar-refractivity contribution in [3.8, 4) is 28.2 Å². The molecule has 0 bridgehead atoms. The molecule has 0 saturated heterocycles. The van der Waals surface area contributed by atoms with E-state index in [4.69, 9.17) is 17.3 Å². The van der Waals surface area contributed by atoms with Crippen LogP contribution in [-0.2, 0) is 6.42 Å². The van der Waals surface area contributed by atoms with Crippen molar-refractivity contribution in [2.45, 2.75) is 18.9 Å². The van der Waals surface area contributed by atoms with Gasteiger partial charge in [0.25, 0.3) is 5.56 Å². The van der Waals surface area contributed by atoms with E-state index in [0.717, 1.165) is 16.8 Å². The maximum Gasteiger partial charge on any atom is 0.251 e. The second-order valence-corrected chi connectivity index (χ2v) is 8.61. The number of rotatable bonds is 4. The van der Waals surface area contributed by atoms with Gasteiger partial charge in [-0.3, -0.25) is 4.79 Å². The maximum absolute atomic E-state index is 14.3. The number of benzene rings is 1. The normalized spacial score (nSPS) is 14.9. The van der Waals surface area contributed by atoms with E-state index in [-0.39, 0.29) is 23.0 Å². The molecule has 0 spiro atoms. The standard InChI is InChI=1S/C23H17ClFN9O/c24-13-1-4-18(33-11-28-31-32-33)16(9-13)12-7-14-2-5-19(34(14)21(35)8-12)17-10-27-23(29-17)15-3-6-20(26)30-22(15)25/h1,3-4,6-11,19H,2,5H2,(H2,26,30)(H,27,29). The SMILES string of the molecule is Nc1ccc(-c2ncc(C3CCc4cc(-c5cc(Cl)ccc5-n5cnnn5)cc(=O)n43)[nH]2)c(F)n1. The van der Waals surface area contributed by atoms with Crippen LogP contribution in [0.2, 0.25) is 5.02 Å². The van der Waals surface area contributed by atoms with Gasteiger partial charge < -0.3 is 15.3 Å². The summed E-state index contributed by atoms with van der Waals surface area (Å²) >= 11 is 6.27. The highest BCUT2D eigenvalue weighted by Gasteiger charge is 2.28. The third-order valence-corrected chi connectivity index (χ3v) is 6.31. The fourth-order valence-electron chi connectivity index (χ4n) is 4.52. The summed E-state index contributed by atoms with van der Waals surface area (Å²) in [4.78, 5) is 24.4. The van der Waals surface area contributed by atoms with Gasteiger partial charge >= 0.3 is 0 Å². The average molecular weight is 490 g/mol. The largest absolute Gasteiger partial charge is 0.384 e. The lowest BCUT2D eigenvalue weighted by Crippen LogP contribution is -2.23. The van der Waals surface area contributed by atoms with Crippen molar-refractivity contribution in [1.29, 1.82) is 0 Å². The molecular weight excluding hydrogens is 473 g/mol. The number of aromatic nitrogens is 8. The Hall–Kier alpha value is -4.38. The van der Waals surface area contributed by atoms with E-state index < -0.39 is 5.95 Å². The maximum atomic E-state index is 14.3. The summed E-state index contributed by atoms with van der Waals surface area (Å²) in [6.07, 6.45) is 4.48. The highest BCUT2D eigenvalue weighted by Crippen LogP contribution is 2.34. The van der Waals surface area contributed by atoms with Crippen LogP contribution in [0.5, 0.6) is 0 Å². The first-order valence-corrected chi connectivity index (χ1v) is 11.1. The predicted octanol–water partition coefficient (Wildman–Crippen LogP) is 3.19. The lowest BCUT2D eigenvalue weighted by Gasteiger charge is -2.15. The Balaban J connectivity index is 1.39. The monoisotopic (exact) mass is 489 g/mol. The van der Waals surface area contributed by atoms with Gasteiger partial charge in [-0.1, -0.05) is 11.6 Å². The summed E-state index contributed by atoms with van der Waals surface area (Å²) < 4.78 is 17.5. The number of nitrogen functional groups attached to an aromatic ring is 1. The first-order chi connectivity index (χ1) is 17.0. The molecule has 0 aliphatic carbocycles. The average Bonchev–Trinajstić information content (AvgIpc) is 3.59. The van der Waals surface area contributed by atoms with Crippen molar-refractivity contribution in [3.63, 3.8) is 0 Å². The Kier molecular flexibility index (Phi) is 4.92. The van der Waals surface area contributed by atoms with E-state index in [0.29, 0.717) is 35.1 Å². The van der Waals surface area contributed by atoms with Crippen LogP contribution < -0.4 is 11.3 Å². The number of H-pyrrole nitrogens is 1. The fourth-order valence-corrected chi connectivity index (χ4v) is 4.69. The van der Waals surface area contributed by atoms with Crippen molar-refractivity contribution in [2.75, 3.05) is 5.73 Å². The number of aromatic amines is 1. The quantitative estimate of drug-likeness (QED) is 0.370. The number of nitrogens with one attached hydrogen (secondary N) is 1. The van der Waals surface area contributed by atoms with Gasteiger partial charge in [0, 0.05) is 22.3 Å². The number of hydrogen-bond acceptors (Lipinski definition) is 7. The number of halogens is 2. The molecule has 1 aliphatic rings.